The SMILES string of the molecule is Cc1cc(C(=O)COC(=O)c2ccc(N3CCOCC3)c([N+](=O)[O-])c2)c(C)n1C1CC1. The number of hydrogen-bond acceptors (Lipinski definition) is 7. The lowest BCUT2D eigenvalue weighted by atomic mass is 10.1. The number of aryl methyl sites for hydroxylation is 1. The summed E-state index contributed by atoms with van der Waals surface area (Å²) in [5.74, 6) is -1.05. The van der Waals surface area contributed by atoms with E-state index in [1.807, 2.05) is 24.8 Å². The van der Waals surface area contributed by atoms with Crippen LogP contribution in [0, 0.1) is 24.0 Å². The number of rotatable bonds is 7. The Balaban J connectivity index is 1.46. The molecule has 2 heterocycles. The summed E-state index contributed by atoms with van der Waals surface area (Å²) >= 11 is 0. The van der Waals surface area contributed by atoms with Crippen molar-refractivity contribution in [2.45, 2.75) is 32.7 Å². The summed E-state index contributed by atoms with van der Waals surface area (Å²) in [6.07, 6.45) is 2.22. The minimum absolute atomic E-state index is 0.0416. The highest BCUT2D eigenvalue weighted by molar-refractivity contribution is 6.00. The van der Waals surface area contributed by atoms with Gasteiger partial charge in [-0.05, 0) is 44.9 Å². The maximum absolute atomic E-state index is 12.6. The summed E-state index contributed by atoms with van der Waals surface area (Å²) in [6.45, 7) is 5.51. The van der Waals surface area contributed by atoms with Gasteiger partial charge in [0.2, 0.25) is 5.78 Å². The van der Waals surface area contributed by atoms with Crippen molar-refractivity contribution in [2.75, 3.05) is 37.8 Å². The van der Waals surface area contributed by atoms with Crippen molar-refractivity contribution in [2.24, 2.45) is 0 Å². The van der Waals surface area contributed by atoms with Gasteiger partial charge in [0.15, 0.2) is 6.61 Å². The summed E-state index contributed by atoms with van der Waals surface area (Å²) in [5.41, 5.74) is 2.76. The number of benzene rings is 1. The Bertz CT molecular complexity index is 1030. The van der Waals surface area contributed by atoms with Crippen molar-refractivity contribution in [1.29, 1.82) is 0 Å². The van der Waals surface area contributed by atoms with Crippen molar-refractivity contribution < 1.29 is 24.0 Å². The van der Waals surface area contributed by atoms with Crippen LogP contribution in [0.25, 0.3) is 0 Å². The second kappa shape index (κ2) is 8.50. The Kier molecular flexibility index (Phi) is 5.77. The van der Waals surface area contributed by atoms with Gasteiger partial charge in [-0.2, -0.15) is 0 Å². The minimum Gasteiger partial charge on any atom is -0.454 e. The molecule has 1 saturated heterocycles. The first-order valence-electron chi connectivity index (χ1n) is 10.4. The molecule has 1 aromatic carbocycles. The molecule has 0 N–H and O–H groups in total. The number of morpholine rings is 1. The molecule has 0 bridgehead atoms. The molecule has 2 aromatic rings. The number of anilines is 1. The zero-order valence-electron chi connectivity index (χ0n) is 17.6. The minimum atomic E-state index is -0.763. The normalized spacial score (nSPS) is 16.3. The van der Waals surface area contributed by atoms with Crippen molar-refractivity contribution in [1.82, 2.24) is 4.57 Å². The number of ether oxygens (including phenoxy) is 2. The first kappa shape index (κ1) is 21.0. The monoisotopic (exact) mass is 427 g/mol. The molecule has 1 saturated carbocycles. The van der Waals surface area contributed by atoms with Crippen molar-refractivity contribution >= 4 is 23.1 Å². The average Bonchev–Trinajstić information content (AvgIpc) is 3.56. The van der Waals surface area contributed by atoms with Crippen LogP contribution in [-0.2, 0) is 9.47 Å². The Morgan fingerprint density at radius 1 is 1.19 bits per heavy atom. The third-order valence-corrected chi connectivity index (χ3v) is 5.79. The van der Waals surface area contributed by atoms with Gasteiger partial charge in [0.1, 0.15) is 5.69 Å². The fourth-order valence-electron chi connectivity index (χ4n) is 4.11. The van der Waals surface area contributed by atoms with E-state index in [2.05, 4.69) is 4.57 Å². The van der Waals surface area contributed by atoms with E-state index >= 15 is 0 Å². The van der Waals surface area contributed by atoms with Crippen LogP contribution >= 0.6 is 0 Å². The highest BCUT2D eigenvalue weighted by atomic mass is 16.6. The molecular formula is C22H25N3O6. The Labute approximate surface area is 179 Å². The van der Waals surface area contributed by atoms with E-state index < -0.39 is 17.5 Å². The van der Waals surface area contributed by atoms with Gasteiger partial charge in [0.25, 0.3) is 5.69 Å². The molecule has 1 aliphatic carbocycles. The van der Waals surface area contributed by atoms with Gasteiger partial charge in [-0.1, -0.05) is 0 Å². The zero-order chi connectivity index (χ0) is 22.1. The number of carbonyl (C=O) groups is 2. The molecule has 1 aromatic heterocycles. The van der Waals surface area contributed by atoms with E-state index in [1.54, 1.807) is 6.07 Å². The lowest BCUT2D eigenvalue weighted by Gasteiger charge is -2.28. The molecular weight excluding hydrogens is 402 g/mol. The first-order chi connectivity index (χ1) is 14.9. The third kappa shape index (κ3) is 4.32. The Hall–Kier alpha value is -3.20. The highest BCUT2D eigenvalue weighted by Crippen LogP contribution is 2.38. The predicted molar refractivity (Wildman–Crippen MR) is 113 cm³/mol. The van der Waals surface area contributed by atoms with E-state index in [4.69, 9.17) is 9.47 Å². The van der Waals surface area contributed by atoms with Crippen LogP contribution in [-0.4, -0.2) is 54.2 Å². The van der Waals surface area contributed by atoms with Crippen LogP contribution in [0.4, 0.5) is 11.4 Å². The molecule has 0 amide bonds. The summed E-state index contributed by atoms with van der Waals surface area (Å²) in [5, 5.41) is 11.6. The standard InChI is InChI=1S/C22H25N3O6/c1-14-11-18(15(2)24(14)17-4-5-17)21(26)13-31-22(27)16-3-6-19(20(12-16)25(28)29)23-7-9-30-10-8-23/h3,6,11-12,17H,4-5,7-10,13H2,1-2H3. The molecule has 0 atom stereocenters. The maximum atomic E-state index is 12.6. The number of nitro benzene ring substituents is 1. The summed E-state index contributed by atoms with van der Waals surface area (Å²) in [4.78, 5) is 38.0. The number of hydrogen-bond donors (Lipinski definition) is 0. The Morgan fingerprint density at radius 2 is 1.90 bits per heavy atom. The van der Waals surface area contributed by atoms with Crippen molar-refractivity contribution in [3.8, 4) is 0 Å². The van der Waals surface area contributed by atoms with Crippen LogP contribution in [0.3, 0.4) is 0 Å². The third-order valence-electron chi connectivity index (χ3n) is 5.79. The lowest BCUT2D eigenvalue weighted by molar-refractivity contribution is -0.384. The van der Waals surface area contributed by atoms with Crippen molar-refractivity contribution in [3.63, 3.8) is 0 Å². The topological polar surface area (TPSA) is 104 Å². The maximum Gasteiger partial charge on any atom is 0.338 e. The van der Waals surface area contributed by atoms with E-state index in [0.717, 1.165) is 24.2 Å². The number of ketones is 1. The molecule has 0 radical (unpaired) electrons. The molecule has 2 aliphatic rings. The second-order valence-corrected chi connectivity index (χ2v) is 7.95. The molecule has 0 unspecified atom stereocenters. The molecule has 1 aliphatic heterocycles. The largest absolute Gasteiger partial charge is 0.454 e. The molecule has 4 rings (SSSR count). The van der Waals surface area contributed by atoms with E-state index in [1.165, 1.54) is 12.1 Å². The van der Waals surface area contributed by atoms with Crippen LogP contribution in [0.2, 0.25) is 0 Å². The first-order valence-corrected chi connectivity index (χ1v) is 10.4. The van der Waals surface area contributed by atoms with Crippen LogP contribution in [0.15, 0.2) is 24.3 Å². The fraction of sp³-hybridized carbons (Fsp3) is 0.455. The van der Waals surface area contributed by atoms with Crippen LogP contribution < -0.4 is 4.90 Å². The number of carbonyl (C=O) groups excluding carboxylic acids is 2. The number of nitro groups is 1. The van der Waals surface area contributed by atoms with Gasteiger partial charge in [-0.3, -0.25) is 14.9 Å². The van der Waals surface area contributed by atoms with Gasteiger partial charge < -0.3 is 18.9 Å². The van der Waals surface area contributed by atoms with Gasteiger partial charge in [0.05, 0.1) is 23.7 Å². The zero-order valence-corrected chi connectivity index (χ0v) is 17.6. The quantitative estimate of drug-likeness (QED) is 0.289. The molecule has 2 fully saturated rings. The van der Waals surface area contributed by atoms with Crippen LogP contribution in [0.5, 0.6) is 0 Å². The fourth-order valence-corrected chi connectivity index (χ4v) is 4.11. The van der Waals surface area contributed by atoms with Crippen molar-refractivity contribution in [3.05, 3.63) is 56.9 Å². The lowest BCUT2D eigenvalue weighted by Crippen LogP contribution is -2.36. The second-order valence-electron chi connectivity index (χ2n) is 7.95. The molecule has 31 heavy (non-hydrogen) atoms. The molecule has 0 spiro atoms. The Morgan fingerprint density at radius 3 is 2.55 bits per heavy atom. The van der Waals surface area contributed by atoms with Gasteiger partial charge in [0, 0.05) is 42.1 Å². The number of Topliss-reactive ketones (excluding diaryl/α,β-unsaturated/α-hetero) is 1. The van der Waals surface area contributed by atoms with Gasteiger partial charge in [-0.25, -0.2) is 4.79 Å². The molecule has 9 heteroatoms. The van der Waals surface area contributed by atoms with E-state index in [0.29, 0.717) is 43.6 Å². The molecule has 164 valence electrons. The highest BCUT2D eigenvalue weighted by Gasteiger charge is 2.29. The smallest absolute Gasteiger partial charge is 0.338 e. The van der Waals surface area contributed by atoms with Crippen LogP contribution in [0.1, 0.15) is 51.0 Å². The predicted octanol–water partition coefficient (Wildman–Crippen LogP) is 3.22. The van der Waals surface area contributed by atoms with Gasteiger partial charge >= 0.3 is 5.97 Å². The summed E-state index contributed by atoms with van der Waals surface area (Å²) < 4.78 is 12.6. The number of esters is 1. The number of nitrogens with zero attached hydrogens (tertiary/aromatic N) is 3. The van der Waals surface area contributed by atoms with Gasteiger partial charge in [-0.15, -0.1) is 0 Å². The summed E-state index contributed by atoms with van der Waals surface area (Å²) in [6, 6.07) is 6.52. The average molecular weight is 427 g/mol. The summed E-state index contributed by atoms with van der Waals surface area (Å²) in [7, 11) is 0. The number of aromatic nitrogens is 1. The molecule has 9 nitrogen and oxygen atoms in total. The van der Waals surface area contributed by atoms with E-state index in [-0.39, 0.29) is 17.0 Å². The van der Waals surface area contributed by atoms with E-state index in [9.17, 15) is 19.7 Å².